The van der Waals surface area contributed by atoms with Gasteiger partial charge in [0.25, 0.3) is 0 Å². The number of ether oxygens (including phenoxy) is 2. The van der Waals surface area contributed by atoms with Crippen molar-refractivity contribution in [1.82, 2.24) is 5.32 Å². The first-order valence-corrected chi connectivity index (χ1v) is 8.23. The molecule has 1 saturated heterocycles. The highest BCUT2D eigenvalue weighted by Gasteiger charge is 2.47. The minimum atomic E-state index is -0.370. The zero-order chi connectivity index (χ0) is 13.9. The molecule has 0 aromatic heterocycles. The molecule has 0 unspecified atom stereocenters. The molecule has 4 heteroatoms. The molecule has 0 bridgehead atoms. The van der Waals surface area contributed by atoms with Crippen LogP contribution in [0.3, 0.4) is 0 Å². The van der Waals surface area contributed by atoms with Gasteiger partial charge < -0.3 is 9.47 Å². The van der Waals surface area contributed by atoms with Crippen LogP contribution in [-0.2, 0) is 9.47 Å². The van der Waals surface area contributed by atoms with E-state index in [2.05, 4.69) is 11.4 Å². The molecule has 0 aromatic rings. The van der Waals surface area contributed by atoms with Crippen LogP contribution in [0.2, 0.25) is 0 Å². The van der Waals surface area contributed by atoms with E-state index in [4.69, 9.17) is 9.47 Å². The summed E-state index contributed by atoms with van der Waals surface area (Å²) in [6, 6.07) is 3.09. The van der Waals surface area contributed by atoms with Crippen molar-refractivity contribution in [2.24, 2.45) is 0 Å². The first-order valence-electron chi connectivity index (χ1n) is 8.23. The maximum absolute atomic E-state index is 9.68. The Morgan fingerprint density at radius 1 is 0.900 bits per heavy atom. The summed E-state index contributed by atoms with van der Waals surface area (Å²) >= 11 is 0. The number of hydrogen-bond donors (Lipinski definition) is 1. The maximum atomic E-state index is 9.68. The smallest absolute Gasteiger partial charge is 0.168 e. The molecule has 1 heterocycles. The third-order valence-electron chi connectivity index (χ3n) is 5.23. The Bertz CT molecular complexity index is 353. The van der Waals surface area contributed by atoms with Crippen molar-refractivity contribution in [3.05, 3.63) is 0 Å². The molecule has 2 aliphatic carbocycles. The van der Waals surface area contributed by atoms with Gasteiger partial charge in [-0.05, 0) is 25.7 Å². The summed E-state index contributed by atoms with van der Waals surface area (Å²) in [6.07, 6.45) is 11.1. The summed E-state index contributed by atoms with van der Waals surface area (Å²) in [6.45, 7) is 1.41. The van der Waals surface area contributed by atoms with E-state index in [0.29, 0.717) is 19.3 Å². The zero-order valence-corrected chi connectivity index (χ0v) is 12.3. The van der Waals surface area contributed by atoms with Crippen molar-refractivity contribution in [2.45, 2.75) is 81.6 Å². The normalized spacial score (nSPS) is 29.9. The van der Waals surface area contributed by atoms with Gasteiger partial charge in [-0.3, -0.25) is 5.32 Å². The van der Waals surface area contributed by atoms with Crippen LogP contribution in [0.15, 0.2) is 0 Å². The molecule has 3 fully saturated rings. The minimum Gasteiger partial charge on any atom is -0.348 e. The fourth-order valence-electron chi connectivity index (χ4n) is 3.95. The van der Waals surface area contributed by atoms with Crippen LogP contribution in [0.5, 0.6) is 0 Å². The average Bonchev–Trinajstić information content (AvgIpc) is 2.78. The lowest BCUT2D eigenvalue weighted by Gasteiger charge is -2.42. The first kappa shape index (κ1) is 14.3. The molecule has 0 radical (unpaired) electrons. The molecular formula is C16H26N2O2. The Hall–Kier alpha value is -0.630. The highest BCUT2D eigenvalue weighted by molar-refractivity contribution is 5.12. The second-order valence-corrected chi connectivity index (χ2v) is 6.63. The lowest BCUT2D eigenvalue weighted by molar-refractivity contribution is -0.183. The van der Waals surface area contributed by atoms with E-state index in [1.54, 1.807) is 0 Å². The number of rotatable bonds is 2. The predicted octanol–water partition coefficient (Wildman–Crippen LogP) is 2.88. The van der Waals surface area contributed by atoms with E-state index in [1.807, 2.05) is 0 Å². The van der Waals surface area contributed by atoms with E-state index in [9.17, 15) is 5.26 Å². The van der Waals surface area contributed by atoms with E-state index in [0.717, 1.165) is 25.7 Å². The Kier molecular flexibility index (Phi) is 4.30. The third-order valence-corrected chi connectivity index (χ3v) is 5.23. The molecule has 1 aliphatic heterocycles. The largest absolute Gasteiger partial charge is 0.348 e. The lowest BCUT2D eigenvalue weighted by atomic mass is 9.78. The number of nitrogens with one attached hydrogen (secondary N) is 1. The van der Waals surface area contributed by atoms with Gasteiger partial charge in [0.1, 0.15) is 5.54 Å². The monoisotopic (exact) mass is 278 g/mol. The summed E-state index contributed by atoms with van der Waals surface area (Å²) in [5.74, 6) is -0.370. The molecule has 2 saturated carbocycles. The second kappa shape index (κ2) is 6.01. The van der Waals surface area contributed by atoms with E-state index in [1.165, 1.54) is 38.5 Å². The van der Waals surface area contributed by atoms with Gasteiger partial charge in [-0.2, -0.15) is 5.26 Å². The van der Waals surface area contributed by atoms with E-state index in [-0.39, 0.29) is 11.3 Å². The second-order valence-electron chi connectivity index (χ2n) is 6.63. The van der Waals surface area contributed by atoms with Crippen LogP contribution in [-0.4, -0.2) is 30.6 Å². The van der Waals surface area contributed by atoms with Crippen molar-refractivity contribution in [1.29, 1.82) is 5.26 Å². The highest BCUT2D eigenvalue weighted by atomic mass is 16.7. The van der Waals surface area contributed by atoms with Gasteiger partial charge in [-0.25, -0.2) is 0 Å². The van der Waals surface area contributed by atoms with Gasteiger partial charge in [0, 0.05) is 18.9 Å². The van der Waals surface area contributed by atoms with Crippen molar-refractivity contribution >= 4 is 0 Å². The number of nitrogens with zero attached hydrogens (tertiary/aromatic N) is 1. The van der Waals surface area contributed by atoms with Crippen LogP contribution in [0.25, 0.3) is 0 Å². The molecule has 1 spiro atoms. The topological polar surface area (TPSA) is 54.3 Å². The quantitative estimate of drug-likeness (QED) is 0.789. The molecular weight excluding hydrogens is 252 g/mol. The van der Waals surface area contributed by atoms with Gasteiger partial charge in [0.2, 0.25) is 0 Å². The summed E-state index contributed by atoms with van der Waals surface area (Å²) in [5.41, 5.74) is -0.352. The first-order chi connectivity index (χ1) is 9.76. The van der Waals surface area contributed by atoms with Crippen LogP contribution in [0.4, 0.5) is 0 Å². The third kappa shape index (κ3) is 3.00. The van der Waals surface area contributed by atoms with Crippen molar-refractivity contribution < 1.29 is 9.47 Å². The molecule has 0 amide bonds. The Labute approximate surface area is 121 Å². The molecule has 3 aliphatic rings. The number of hydrogen-bond acceptors (Lipinski definition) is 4. The van der Waals surface area contributed by atoms with Gasteiger partial charge in [-0.15, -0.1) is 0 Å². The standard InChI is InChI=1S/C16H26N2O2/c17-13-15(18-14-5-3-1-2-4-6-14)7-9-16(10-8-15)19-11-12-20-16/h14,18H,1-12H2. The highest BCUT2D eigenvalue weighted by Crippen LogP contribution is 2.40. The van der Waals surface area contributed by atoms with E-state index < -0.39 is 0 Å². The molecule has 112 valence electrons. The van der Waals surface area contributed by atoms with Crippen LogP contribution in [0.1, 0.15) is 64.2 Å². The van der Waals surface area contributed by atoms with Crippen LogP contribution in [0, 0.1) is 11.3 Å². The summed E-state index contributed by atoms with van der Waals surface area (Å²) in [7, 11) is 0. The molecule has 20 heavy (non-hydrogen) atoms. The molecule has 3 rings (SSSR count). The summed E-state index contributed by atoms with van der Waals surface area (Å²) in [4.78, 5) is 0. The SMILES string of the molecule is N#CC1(NC2CCCCCC2)CCC2(CC1)OCCO2. The number of nitriles is 1. The van der Waals surface area contributed by atoms with Gasteiger partial charge in [0.15, 0.2) is 5.79 Å². The Balaban J connectivity index is 1.59. The van der Waals surface area contributed by atoms with Crippen molar-refractivity contribution in [3.63, 3.8) is 0 Å². The fraction of sp³-hybridized carbons (Fsp3) is 0.938. The van der Waals surface area contributed by atoms with Gasteiger partial charge in [-0.1, -0.05) is 25.7 Å². The van der Waals surface area contributed by atoms with Gasteiger partial charge >= 0.3 is 0 Å². The Morgan fingerprint density at radius 2 is 1.50 bits per heavy atom. The molecule has 1 N–H and O–H groups in total. The Morgan fingerprint density at radius 3 is 2.05 bits per heavy atom. The van der Waals surface area contributed by atoms with Crippen molar-refractivity contribution in [3.8, 4) is 6.07 Å². The lowest BCUT2D eigenvalue weighted by Crippen LogP contribution is -2.54. The van der Waals surface area contributed by atoms with Crippen LogP contribution < -0.4 is 5.32 Å². The zero-order valence-electron chi connectivity index (χ0n) is 12.3. The summed E-state index contributed by atoms with van der Waals surface area (Å²) in [5, 5.41) is 13.4. The van der Waals surface area contributed by atoms with Crippen LogP contribution >= 0.6 is 0 Å². The van der Waals surface area contributed by atoms with Crippen molar-refractivity contribution in [2.75, 3.05) is 13.2 Å². The predicted molar refractivity (Wildman–Crippen MR) is 76.1 cm³/mol. The van der Waals surface area contributed by atoms with Gasteiger partial charge in [0.05, 0.1) is 19.3 Å². The maximum Gasteiger partial charge on any atom is 0.168 e. The minimum absolute atomic E-state index is 0.352. The molecule has 4 nitrogen and oxygen atoms in total. The summed E-state index contributed by atoms with van der Waals surface area (Å²) < 4.78 is 11.5. The molecule has 0 atom stereocenters. The van der Waals surface area contributed by atoms with E-state index >= 15 is 0 Å². The average molecular weight is 278 g/mol. The fourth-order valence-corrected chi connectivity index (χ4v) is 3.95. The molecule has 0 aromatic carbocycles.